The minimum atomic E-state index is -0.230. The van der Waals surface area contributed by atoms with Crippen molar-refractivity contribution in [3.63, 3.8) is 0 Å². The van der Waals surface area contributed by atoms with Gasteiger partial charge in [-0.15, -0.1) is 0 Å². The Bertz CT molecular complexity index is 512. The van der Waals surface area contributed by atoms with E-state index in [2.05, 4.69) is 24.5 Å². The third-order valence-corrected chi connectivity index (χ3v) is 4.30. The first-order valence-electron chi connectivity index (χ1n) is 8.34. The average Bonchev–Trinajstić information content (AvgIpc) is 2.99. The fourth-order valence-electron chi connectivity index (χ4n) is 3.08. The molecule has 1 aromatic rings. The molecule has 0 radical (unpaired) electrons. The topological polar surface area (TPSA) is 58.2 Å². The molecule has 0 bridgehead atoms. The molecule has 2 N–H and O–H groups in total. The summed E-state index contributed by atoms with van der Waals surface area (Å²) in [5.74, 6) is -0.400. The molecule has 1 aliphatic carbocycles. The Hall–Kier alpha value is -1.84. The molecule has 2 rings (SSSR count). The van der Waals surface area contributed by atoms with Crippen molar-refractivity contribution in [2.75, 3.05) is 5.32 Å². The number of para-hydroxylation sites is 1. The molecule has 2 amide bonds. The van der Waals surface area contributed by atoms with Crippen LogP contribution in [0.25, 0.3) is 0 Å². The van der Waals surface area contributed by atoms with Crippen LogP contribution < -0.4 is 10.6 Å². The average molecular weight is 302 g/mol. The van der Waals surface area contributed by atoms with E-state index in [1.54, 1.807) is 0 Å². The quantitative estimate of drug-likeness (QED) is 0.793. The summed E-state index contributed by atoms with van der Waals surface area (Å²) in [5.41, 5.74) is 3.11. The van der Waals surface area contributed by atoms with Crippen LogP contribution in [0.2, 0.25) is 0 Å². The second kappa shape index (κ2) is 7.97. The minimum absolute atomic E-state index is 0.0995. The minimum Gasteiger partial charge on any atom is -0.353 e. The molecule has 1 aliphatic rings. The van der Waals surface area contributed by atoms with Gasteiger partial charge in [0, 0.05) is 11.7 Å². The van der Waals surface area contributed by atoms with Crippen LogP contribution in [0.5, 0.6) is 0 Å². The van der Waals surface area contributed by atoms with Crippen LogP contribution in [0.3, 0.4) is 0 Å². The summed E-state index contributed by atoms with van der Waals surface area (Å²) in [6.45, 7) is 4.13. The summed E-state index contributed by atoms with van der Waals surface area (Å²) in [6.07, 6.45) is 6.02. The summed E-state index contributed by atoms with van der Waals surface area (Å²) in [5, 5.41) is 5.89. The van der Waals surface area contributed by atoms with Crippen molar-refractivity contribution in [3.8, 4) is 0 Å². The summed E-state index contributed by atoms with van der Waals surface area (Å²) in [7, 11) is 0. The highest BCUT2D eigenvalue weighted by atomic mass is 16.2. The third-order valence-electron chi connectivity index (χ3n) is 4.30. The number of benzene rings is 1. The zero-order valence-electron chi connectivity index (χ0n) is 13.6. The molecule has 1 aromatic carbocycles. The second-order valence-electron chi connectivity index (χ2n) is 5.93. The molecule has 22 heavy (non-hydrogen) atoms. The van der Waals surface area contributed by atoms with E-state index in [0.29, 0.717) is 0 Å². The van der Waals surface area contributed by atoms with E-state index in [1.165, 1.54) is 12.8 Å². The Balaban J connectivity index is 1.95. The SMILES string of the molecule is CCc1cccc(CC)c1NC(=O)CC(=O)NC1CCCC1. The van der Waals surface area contributed by atoms with Gasteiger partial charge in [0.25, 0.3) is 0 Å². The number of hydrogen-bond acceptors (Lipinski definition) is 2. The number of amides is 2. The molecular weight excluding hydrogens is 276 g/mol. The van der Waals surface area contributed by atoms with Crippen molar-refractivity contribution in [2.24, 2.45) is 0 Å². The molecule has 0 atom stereocenters. The second-order valence-corrected chi connectivity index (χ2v) is 5.93. The van der Waals surface area contributed by atoms with Gasteiger partial charge in [-0.1, -0.05) is 44.9 Å². The van der Waals surface area contributed by atoms with Crippen molar-refractivity contribution >= 4 is 17.5 Å². The van der Waals surface area contributed by atoms with E-state index >= 15 is 0 Å². The Morgan fingerprint density at radius 1 is 1.05 bits per heavy atom. The largest absolute Gasteiger partial charge is 0.353 e. The number of anilines is 1. The van der Waals surface area contributed by atoms with Crippen molar-refractivity contribution in [1.29, 1.82) is 0 Å². The Morgan fingerprint density at radius 3 is 2.18 bits per heavy atom. The maximum absolute atomic E-state index is 12.2. The molecule has 1 saturated carbocycles. The summed E-state index contributed by atoms with van der Waals surface area (Å²) in [6, 6.07) is 6.32. The van der Waals surface area contributed by atoms with Crippen LogP contribution in [-0.2, 0) is 22.4 Å². The van der Waals surface area contributed by atoms with Gasteiger partial charge in [0.15, 0.2) is 0 Å². The van der Waals surface area contributed by atoms with Crippen LogP contribution in [-0.4, -0.2) is 17.9 Å². The number of nitrogens with one attached hydrogen (secondary N) is 2. The van der Waals surface area contributed by atoms with E-state index < -0.39 is 0 Å². The maximum atomic E-state index is 12.2. The number of carbonyl (C=O) groups excluding carboxylic acids is 2. The van der Waals surface area contributed by atoms with Gasteiger partial charge in [-0.3, -0.25) is 9.59 Å². The Morgan fingerprint density at radius 2 is 1.64 bits per heavy atom. The summed E-state index contributed by atoms with van der Waals surface area (Å²) >= 11 is 0. The lowest BCUT2D eigenvalue weighted by atomic mass is 10.0. The van der Waals surface area contributed by atoms with Crippen molar-refractivity contribution in [2.45, 2.75) is 64.8 Å². The number of aryl methyl sites for hydroxylation is 2. The monoisotopic (exact) mass is 302 g/mol. The van der Waals surface area contributed by atoms with Gasteiger partial charge < -0.3 is 10.6 Å². The highest BCUT2D eigenvalue weighted by molar-refractivity contribution is 6.04. The van der Waals surface area contributed by atoms with Crippen molar-refractivity contribution in [3.05, 3.63) is 29.3 Å². The number of rotatable bonds is 6. The van der Waals surface area contributed by atoms with Gasteiger partial charge in [0.05, 0.1) is 0 Å². The van der Waals surface area contributed by atoms with Crippen molar-refractivity contribution < 1.29 is 9.59 Å². The predicted molar refractivity (Wildman–Crippen MR) is 88.8 cm³/mol. The first-order chi connectivity index (χ1) is 10.6. The lowest BCUT2D eigenvalue weighted by Gasteiger charge is -2.15. The lowest BCUT2D eigenvalue weighted by Crippen LogP contribution is -2.35. The van der Waals surface area contributed by atoms with E-state index in [4.69, 9.17) is 0 Å². The highest BCUT2D eigenvalue weighted by Crippen LogP contribution is 2.23. The van der Waals surface area contributed by atoms with E-state index in [1.807, 2.05) is 18.2 Å². The standard InChI is InChI=1S/C18H26N2O2/c1-3-13-8-7-9-14(4-2)18(13)20-17(22)12-16(21)19-15-10-5-6-11-15/h7-9,15H,3-6,10-12H2,1-2H3,(H,19,21)(H,20,22). The van der Waals surface area contributed by atoms with Crippen LogP contribution in [0.15, 0.2) is 18.2 Å². The molecule has 0 unspecified atom stereocenters. The number of hydrogen-bond donors (Lipinski definition) is 2. The zero-order valence-corrected chi connectivity index (χ0v) is 13.6. The van der Waals surface area contributed by atoms with Gasteiger partial charge in [0.2, 0.25) is 11.8 Å². The fraction of sp³-hybridized carbons (Fsp3) is 0.556. The molecule has 0 aliphatic heterocycles. The Labute approximate surface area is 132 Å². The zero-order chi connectivity index (χ0) is 15.9. The predicted octanol–water partition coefficient (Wildman–Crippen LogP) is 3.20. The normalized spacial score (nSPS) is 14.8. The smallest absolute Gasteiger partial charge is 0.233 e. The molecule has 0 spiro atoms. The molecule has 0 saturated heterocycles. The van der Waals surface area contributed by atoms with Crippen molar-refractivity contribution in [1.82, 2.24) is 5.32 Å². The third kappa shape index (κ3) is 4.33. The van der Waals surface area contributed by atoms with Crippen LogP contribution in [0.4, 0.5) is 5.69 Å². The fourth-order valence-corrected chi connectivity index (χ4v) is 3.08. The number of carbonyl (C=O) groups is 2. The molecule has 120 valence electrons. The first kappa shape index (κ1) is 16.5. The van der Waals surface area contributed by atoms with Gasteiger partial charge in [-0.25, -0.2) is 0 Å². The summed E-state index contributed by atoms with van der Waals surface area (Å²) in [4.78, 5) is 24.1. The van der Waals surface area contributed by atoms with E-state index in [-0.39, 0.29) is 24.3 Å². The maximum Gasteiger partial charge on any atom is 0.233 e. The molecule has 0 heterocycles. The first-order valence-corrected chi connectivity index (χ1v) is 8.34. The van der Waals surface area contributed by atoms with Gasteiger partial charge in [-0.2, -0.15) is 0 Å². The van der Waals surface area contributed by atoms with Gasteiger partial charge in [0.1, 0.15) is 6.42 Å². The summed E-state index contributed by atoms with van der Waals surface area (Å²) < 4.78 is 0. The van der Waals surface area contributed by atoms with Crippen LogP contribution in [0.1, 0.15) is 57.1 Å². The molecule has 1 fully saturated rings. The Kier molecular flexibility index (Phi) is 5.99. The van der Waals surface area contributed by atoms with E-state index in [9.17, 15) is 9.59 Å². The van der Waals surface area contributed by atoms with Gasteiger partial charge in [-0.05, 0) is 36.8 Å². The van der Waals surface area contributed by atoms with E-state index in [0.717, 1.165) is 42.5 Å². The highest BCUT2D eigenvalue weighted by Gasteiger charge is 2.19. The molecular formula is C18H26N2O2. The van der Waals surface area contributed by atoms with Crippen LogP contribution >= 0.6 is 0 Å². The molecule has 4 nitrogen and oxygen atoms in total. The molecule has 0 aromatic heterocycles. The molecule has 4 heteroatoms. The van der Waals surface area contributed by atoms with Crippen LogP contribution in [0, 0.1) is 0 Å². The van der Waals surface area contributed by atoms with Gasteiger partial charge >= 0.3 is 0 Å². The lowest BCUT2D eigenvalue weighted by molar-refractivity contribution is -0.127.